The summed E-state index contributed by atoms with van der Waals surface area (Å²) in [4.78, 5) is 16.7. The molecule has 0 bridgehead atoms. The van der Waals surface area contributed by atoms with E-state index in [0.29, 0.717) is 5.91 Å². The van der Waals surface area contributed by atoms with E-state index in [4.69, 9.17) is 0 Å². The first-order chi connectivity index (χ1) is 11.1. The van der Waals surface area contributed by atoms with Crippen molar-refractivity contribution in [3.05, 3.63) is 0 Å². The quantitative estimate of drug-likeness (QED) is 0.815. The Hall–Kier alpha value is -0.610. The Morgan fingerprint density at radius 1 is 1.09 bits per heavy atom. The van der Waals surface area contributed by atoms with Gasteiger partial charge in [0.2, 0.25) is 5.91 Å². The molecular weight excluding hydrogens is 286 g/mol. The van der Waals surface area contributed by atoms with Crippen LogP contribution in [0.4, 0.5) is 0 Å². The van der Waals surface area contributed by atoms with Gasteiger partial charge >= 0.3 is 0 Å². The molecule has 2 rings (SSSR count). The highest BCUT2D eigenvalue weighted by molar-refractivity contribution is 5.76. The molecule has 0 aliphatic carbocycles. The van der Waals surface area contributed by atoms with Crippen molar-refractivity contribution < 1.29 is 4.79 Å². The van der Waals surface area contributed by atoms with E-state index in [9.17, 15) is 4.79 Å². The van der Waals surface area contributed by atoms with E-state index < -0.39 is 0 Å². The lowest BCUT2D eigenvalue weighted by molar-refractivity contribution is -0.131. The first-order valence-electron chi connectivity index (χ1n) is 9.86. The fourth-order valence-corrected chi connectivity index (χ4v) is 3.64. The van der Waals surface area contributed by atoms with Gasteiger partial charge in [0.25, 0.3) is 0 Å². The Balaban J connectivity index is 0.00000127. The van der Waals surface area contributed by atoms with Gasteiger partial charge in [0, 0.05) is 32.6 Å². The molecular formula is C19H39N3O. The number of hydrogen-bond acceptors (Lipinski definition) is 3. The van der Waals surface area contributed by atoms with Crippen molar-refractivity contribution in [3.8, 4) is 0 Å². The van der Waals surface area contributed by atoms with Crippen LogP contribution in [-0.4, -0.2) is 61.5 Å². The van der Waals surface area contributed by atoms with Gasteiger partial charge in [0.05, 0.1) is 0 Å². The van der Waals surface area contributed by atoms with Crippen molar-refractivity contribution in [2.45, 2.75) is 59.8 Å². The molecule has 23 heavy (non-hydrogen) atoms. The van der Waals surface area contributed by atoms with E-state index in [1.165, 1.54) is 32.4 Å². The molecule has 2 aliphatic heterocycles. The number of piperazine rings is 1. The predicted molar refractivity (Wildman–Crippen MR) is 98.7 cm³/mol. The minimum atomic E-state index is 0.353. The summed E-state index contributed by atoms with van der Waals surface area (Å²) in [5.41, 5.74) is 0. The van der Waals surface area contributed by atoms with Crippen molar-refractivity contribution in [1.29, 1.82) is 0 Å². The topological polar surface area (TPSA) is 35.6 Å². The summed E-state index contributed by atoms with van der Waals surface area (Å²) in [6.07, 6.45) is 5.84. The molecule has 0 unspecified atom stereocenters. The molecule has 2 aliphatic rings. The summed E-state index contributed by atoms with van der Waals surface area (Å²) in [6.45, 7) is 15.9. The van der Waals surface area contributed by atoms with Gasteiger partial charge in [-0.15, -0.1) is 0 Å². The van der Waals surface area contributed by atoms with Crippen LogP contribution < -0.4 is 5.32 Å². The number of carbonyl (C=O) groups is 1. The monoisotopic (exact) mass is 325 g/mol. The maximum absolute atomic E-state index is 12.1. The molecule has 0 aromatic carbocycles. The van der Waals surface area contributed by atoms with E-state index in [0.717, 1.165) is 57.4 Å². The van der Waals surface area contributed by atoms with E-state index in [1.807, 2.05) is 18.7 Å². The highest BCUT2D eigenvalue weighted by Crippen LogP contribution is 2.24. The zero-order chi connectivity index (χ0) is 17.1. The first-order valence-corrected chi connectivity index (χ1v) is 9.86. The van der Waals surface area contributed by atoms with Crippen LogP contribution in [0.25, 0.3) is 0 Å². The molecule has 0 radical (unpaired) electrons. The molecule has 2 heterocycles. The van der Waals surface area contributed by atoms with Crippen molar-refractivity contribution >= 4 is 5.91 Å². The van der Waals surface area contributed by atoms with Crippen molar-refractivity contribution in [1.82, 2.24) is 15.1 Å². The molecule has 1 amide bonds. The number of rotatable bonds is 6. The van der Waals surface area contributed by atoms with Crippen LogP contribution in [0.5, 0.6) is 0 Å². The molecule has 0 spiro atoms. The summed E-state index contributed by atoms with van der Waals surface area (Å²) < 4.78 is 0. The third-order valence-electron chi connectivity index (χ3n) is 4.85. The number of hydrogen-bond donors (Lipinski definition) is 1. The molecule has 136 valence electrons. The molecule has 4 heteroatoms. The average Bonchev–Trinajstić information content (AvgIpc) is 2.58. The van der Waals surface area contributed by atoms with Gasteiger partial charge in [-0.2, -0.15) is 0 Å². The van der Waals surface area contributed by atoms with Gasteiger partial charge in [-0.25, -0.2) is 0 Å². The van der Waals surface area contributed by atoms with Crippen LogP contribution in [0.3, 0.4) is 0 Å². The second-order valence-electron chi connectivity index (χ2n) is 7.15. The molecule has 0 aromatic rings. The van der Waals surface area contributed by atoms with Gasteiger partial charge < -0.3 is 15.1 Å². The fourth-order valence-electron chi connectivity index (χ4n) is 3.64. The highest BCUT2D eigenvalue weighted by Gasteiger charge is 2.20. The molecule has 0 saturated carbocycles. The smallest absolute Gasteiger partial charge is 0.222 e. The van der Waals surface area contributed by atoms with Gasteiger partial charge in [0.1, 0.15) is 0 Å². The van der Waals surface area contributed by atoms with Gasteiger partial charge in [-0.3, -0.25) is 4.79 Å². The van der Waals surface area contributed by atoms with Crippen LogP contribution in [0.1, 0.15) is 59.8 Å². The summed E-state index contributed by atoms with van der Waals surface area (Å²) >= 11 is 0. The number of nitrogens with one attached hydrogen (secondary N) is 1. The third-order valence-corrected chi connectivity index (χ3v) is 4.85. The average molecular weight is 326 g/mol. The lowest BCUT2D eigenvalue weighted by Gasteiger charge is -2.33. The Kier molecular flexibility index (Phi) is 10.5. The maximum Gasteiger partial charge on any atom is 0.222 e. The third kappa shape index (κ3) is 8.16. The van der Waals surface area contributed by atoms with Crippen molar-refractivity contribution in [2.24, 2.45) is 11.8 Å². The molecule has 1 N–H and O–H groups in total. The standard InChI is InChI=1S/C17H33N3O.C2H6/c1-15(2)14-16-5-10-19(11-6-16)9-3-4-17(21)20-12-7-18-8-13-20;1-2/h15-16,18H,3-14H2,1-2H3;1-2H3. The summed E-state index contributed by atoms with van der Waals surface area (Å²) in [6, 6.07) is 0. The van der Waals surface area contributed by atoms with E-state index in [-0.39, 0.29) is 0 Å². The minimum Gasteiger partial charge on any atom is -0.340 e. The number of amides is 1. The number of likely N-dealkylation sites (tertiary alicyclic amines) is 1. The second kappa shape index (κ2) is 11.9. The van der Waals surface area contributed by atoms with Gasteiger partial charge in [0.15, 0.2) is 0 Å². The minimum absolute atomic E-state index is 0.353. The van der Waals surface area contributed by atoms with Crippen molar-refractivity contribution in [2.75, 3.05) is 45.8 Å². The summed E-state index contributed by atoms with van der Waals surface area (Å²) in [7, 11) is 0. The van der Waals surface area contributed by atoms with E-state index in [2.05, 4.69) is 24.1 Å². The Labute approximate surface area is 144 Å². The molecule has 0 aromatic heterocycles. The van der Waals surface area contributed by atoms with Crippen LogP contribution in [0, 0.1) is 11.8 Å². The maximum atomic E-state index is 12.1. The van der Waals surface area contributed by atoms with Crippen molar-refractivity contribution in [3.63, 3.8) is 0 Å². The summed E-state index contributed by atoms with van der Waals surface area (Å²) in [5.74, 6) is 2.12. The fraction of sp³-hybridized carbons (Fsp3) is 0.947. The van der Waals surface area contributed by atoms with E-state index in [1.54, 1.807) is 0 Å². The zero-order valence-corrected chi connectivity index (χ0v) is 15.9. The van der Waals surface area contributed by atoms with Gasteiger partial charge in [-0.1, -0.05) is 27.7 Å². The lowest BCUT2D eigenvalue weighted by atomic mass is 9.88. The number of nitrogens with zero attached hydrogens (tertiary/aromatic N) is 2. The Morgan fingerprint density at radius 2 is 1.70 bits per heavy atom. The molecule has 0 atom stereocenters. The molecule has 2 saturated heterocycles. The summed E-state index contributed by atoms with van der Waals surface area (Å²) in [5, 5.41) is 3.29. The lowest BCUT2D eigenvalue weighted by Crippen LogP contribution is -2.46. The first kappa shape index (κ1) is 20.4. The Morgan fingerprint density at radius 3 is 2.26 bits per heavy atom. The predicted octanol–water partition coefficient (Wildman–Crippen LogP) is 2.98. The van der Waals surface area contributed by atoms with Crippen LogP contribution in [-0.2, 0) is 4.79 Å². The van der Waals surface area contributed by atoms with E-state index >= 15 is 0 Å². The van der Waals surface area contributed by atoms with Crippen LogP contribution >= 0.6 is 0 Å². The highest BCUT2D eigenvalue weighted by atomic mass is 16.2. The zero-order valence-electron chi connectivity index (χ0n) is 15.9. The molecule has 2 fully saturated rings. The van der Waals surface area contributed by atoms with Crippen LogP contribution in [0.2, 0.25) is 0 Å². The van der Waals surface area contributed by atoms with Crippen LogP contribution in [0.15, 0.2) is 0 Å². The number of carbonyl (C=O) groups excluding carboxylic acids is 1. The molecule has 4 nitrogen and oxygen atoms in total. The largest absolute Gasteiger partial charge is 0.340 e. The second-order valence-corrected chi connectivity index (χ2v) is 7.15. The van der Waals surface area contributed by atoms with Gasteiger partial charge in [-0.05, 0) is 57.2 Å². The normalized spacial score (nSPS) is 20.3. The SMILES string of the molecule is CC.CC(C)CC1CCN(CCCC(=O)N2CCNCC2)CC1. The number of piperidine rings is 1. The Bertz CT molecular complexity index is 306.